The molecule has 1 aromatic heterocycles. The first-order valence-electron chi connectivity index (χ1n) is 5.94. The van der Waals surface area contributed by atoms with Crippen LogP contribution in [0.15, 0.2) is 42.7 Å². The summed E-state index contributed by atoms with van der Waals surface area (Å²) >= 11 is 0. The number of rotatable bonds is 6. The van der Waals surface area contributed by atoms with Crippen molar-refractivity contribution in [3.63, 3.8) is 0 Å². The van der Waals surface area contributed by atoms with Crippen LogP contribution in [-0.2, 0) is 6.54 Å². The van der Waals surface area contributed by atoms with Crippen LogP contribution >= 0.6 is 0 Å². The Morgan fingerprint density at radius 1 is 1.11 bits per heavy atom. The van der Waals surface area contributed by atoms with E-state index in [1.165, 1.54) is 18.2 Å². The summed E-state index contributed by atoms with van der Waals surface area (Å²) in [5.41, 5.74) is 1.04. The van der Waals surface area contributed by atoms with Gasteiger partial charge < -0.3 is 10.1 Å². The van der Waals surface area contributed by atoms with E-state index in [4.69, 9.17) is 4.74 Å². The summed E-state index contributed by atoms with van der Waals surface area (Å²) in [6.07, 6.45) is 3.46. The molecule has 0 spiro atoms. The molecule has 1 aromatic carbocycles. The number of aromatic nitrogens is 1. The standard InChI is InChI=1S/C14H14F2N2O/c15-12-4-1-5-13(16)14(12)19-8-7-18-10-11-3-2-6-17-9-11/h1-6,9,18H,7-8,10H2. The molecular weight excluding hydrogens is 250 g/mol. The van der Waals surface area contributed by atoms with Crippen molar-refractivity contribution in [1.29, 1.82) is 0 Å². The number of halogens is 2. The minimum atomic E-state index is -0.688. The molecule has 0 unspecified atom stereocenters. The molecule has 0 saturated carbocycles. The van der Waals surface area contributed by atoms with Crippen LogP contribution < -0.4 is 10.1 Å². The molecular formula is C14H14F2N2O. The highest BCUT2D eigenvalue weighted by Crippen LogP contribution is 2.20. The molecule has 0 aliphatic heterocycles. The van der Waals surface area contributed by atoms with Gasteiger partial charge in [-0.3, -0.25) is 4.98 Å². The van der Waals surface area contributed by atoms with Gasteiger partial charge in [0, 0.05) is 25.5 Å². The maximum atomic E-state index is 13.2. The van der Waals surface area contributed by atoms with Gasteiger partial charge in [-0.05, 0) is 23.8 Å². The molecule has 19 heavy (non-hydrogen) atoms. The zero-order valence-corrected chi connectivity index (χ0v) is 10.3. The van der Waals surface area contributed by atoms with Gasteiger partial charge in [0.25, 0.3) is 0 Å². The molecule has 0 bridgehead atoms. The van der Waals surface area contributed by atoms with E-state index in [0.29, 0.717) is 13.1 Å². The maximum Gasteiger partial charge on any atom is 0.190 e. The van der Waals surface area contributed by atoms with E-state index in [-0.39, 0.29) is 12.4 Å². The Bertz CT molecular complexity index is 500. The summed E-state index contributed by atoms with van der Waals surface area (Å²) < 4.78 is 31.5. The Hall–Kier alpha value is -2.01. The first kappa shape index (κ1) is 13.4. The zero-order chi connectivity index (χ0) is 13.5. The van der Waals surface area contributed by atoms with Gasteiger partial charge in [0.15, 0.2) is 17.4 Å². The number of hydrogen-bond acceptors (Lipinski definition) is 3. The summed E-state index contributed by atoms with van der Waals surface area (Å²) in [6.45, 7) is 1.32. The van der Waals surface area contributed by atoms with Crippen molar-refractivity contribution >= 4 is 0 Å². The largest absolute Gasteiger partial charge is 0.486 e. The number of para-hydroxylation sites is 1. The highest BCUT2D eigenvalue weighted by atomic mass is 19.1. The molecule has 5 heteroatoms. The van der Waals surface area contributed by atoms with Crippen molar-refractivity contribution in [2.24, 2.45) is 0 Å². The third-order valence-corrected chi connectivity index (χ3v) is 2.50. The first-order chi connectivity index (χ1) is 9.27. The van der Waals surface area contributed by atoms with Gasteiger partial charge in [0.1, 0.15) is 6.61 Å². The average Bonchev–Trinajstić information content (AvgIpc) is 2.42. The third kappa shape index (κ3) is 3.99. The molecule has 1 N–H and O–H groups in total. The van der Waals surface area contributed by atoms with E-state index >= 15 is 0 Å². The average molecular weight is 264 g/mol. The Balaban J connectivity index is 1.73. The van der Waals surface area contributed by atoms with E-state index < -0.39 is 11.6 Å². The van der Waals surface area contributed by atoms with E-state index in [1.54, 1.807) is 12.4 Å². The first-order valence-corrected chi connectivity index (χ1v) is 5.94. The maximum absolute atomic E-state index is 13.2. The normalized spacial score (nSPS) is 10.4. The topological polar surface area (TPSA) is 34.1 Å². The van der Waals surface area contributed by atoms with Crippen LogP contribution in [0, 0.1) is 11.6 Å². The van der Waals surface area contributed by atoms with Crippen LogP contribution in [0.25, 0.3) is 0 Å². The zero-order valence-electron chi connectivity index (χ0n) is 10.3. The second kappa shape index (κ2) is 6.80. The number of hydrogen-bond donors (Lipinski definition) is 1. The summed E-state index contributed by atoms with van der Waals surface area (Å²) in [4.78, 5) is 3.98. The molecule has 1 heterocycles. The lowest BCUT2D eigenvalue weighted by molar-refractivity contribution is 0.282. The number of nitrogens with zero attached hydrogens (tertiary/aromatic N) is 1. The van der Waals surface area contributed by atoms with Crippen molar-refractivity contribution in [3.8, 4) is 5.75 Å². The molecule has 2 rings (SSSR count). The Labute approximate surface area is 110 Å². The fourth-order valence-electron chi connectivity index (χ4n) is 1.58. The smallest absolute Gasteiger partial charge is 0.190 e. The van der Waals surface area contributed by atoms with Gasteiger partial charge in [-0.2, -0.15) is 0 Å². The minimum absolute atomic E-state index is 0.193. The van der Waals surface area contributed by atoms with E-state index in [9.17, 15) is 8.78 Å². The SMILES string of the molecule is Fc1cccc(F)c1OCCNCc1cccnc1. The van der Waals surface area contributed by atoms with E-state index in [2.05, 4.69) is 10.3 Å². The van der Waals surface area contributed by atoms with Crippen molar-refractivity contribution in [3.05, 3.63) is 59.9 Å². The second-order valence-electron chi connectivity index (χ2n) is 3.94. The summed E-state index contributed by atoms with van der Waals surface area (Å²) in [5.74, 6) is -1.70. The summed E-state index contributed by atoms with van der Waals surface area (Å²) in [5, 5.41) is 3.10. The van der Waals surface area contributed by atoms with Crippen molar-refractivity contribution < 1.29 is 13.5 Å². The lowest BCUT2D eigenvalue weighted by Gasteiger charge is -2.09. The highest BCUT2D eigenvalue weighted by molar-refractivity contribution is 5.25. The Morgan fingerprint density at radius 2 is 1.89 bits per heavy atom. The molecule has 0 aliphatic carbocycles. The van der Waals surface area contributed by atoms with Gasteiger partial charge >= 0.3 is 0 Å². The van der Waals surface area contributed by atoms with Crippen molar-refractivity contribution in [2.75, 3.05) is 13.2 Å². The fourth-order valence-corrected chi connectivity index (χ4v) is 1.58. The second-order valence-corrected chi connectivity index (χ2v) is 3.94. The van der Waals surface area contributed by atoms with Crippen molar-refractivity contribution in [1.82, 2.24) is 10.3 Å². The van der Waals surface area contributed by atoms with Crippen LogP contribution in [-0.4, -0.2) is 18.1 Å². The molecule has 0 aliphatic rings. The van der Waals surface area contributed by atoms with Gasteiger partial charge in [-0.15, -0.1) is 0 Å². The van der Waals surface area contributed by atoms with E-state index in [1.807, 2.05) is 12.1 Å². The van der Waals surface area contributed by atoms with Crippen LogP contribution in [0.5, 0.6) is 5.75 Å². The molecule has 3 nitrogen and oxygen atoms in total. The molecule has 0 fully saturated rings. The Kier molecular flexibility index (Phi) is 4.80. The molecule has 0 radical (unpaired) electrons. The molecule has 0 saturated heterocycles. The molecule has 2 aromatic rings. The van der Waals surface area contributed by atoms with Gasteiger partial charge in [0.05, 0.1) is 0 Å². The number of benzene rings is 1. The highest BCUT2D eigenvalue weighted by Gasteiger charge is 2.08. The number of pyridine rings is 1. The van der Waals surface area contributed by atoms with Gasteiger partial charge in [-0.25, -0.2) is 8.78 Å². The summed E-state index contributed by atoms with van der Waals surface area (Å²) in [7, 11) is 0. The monoisotopic (exact) mass is 264 g/mol. The fraction of sp³-hybridized carbons (Fsp3) is 0.214. The van der Waals surface area contributed by atoms with Crippen LogP contribution in [0.1, 0.15) is 5.56 Å². The predicted molar refractivity (Wildman–Crippen MR) is 67.8 cm³/mol. The molecule has 0 atom stereocenters. The third-order valence-electron chi connectivity index (χ3n) is 2.50. The molecule has 100 valence electrons. The van der Waals surface area contributed by atoms with Gasteiger partial charge in [-0.1, -0.05) is 12.1 Å². The predicted octanol–water partition coefficient (Wildman–Crippen LogP) is 2.53. The lowest BCUT2D eigenvalue weighted by atomic mass is 10.3. The van der Waals surface area contributed by atoms with Crippen LogP contribution in [0.2, 0.25) is 0 Å². The van der Waals surface area contributed by atoms with Crippen LogP contribution in [0.4, 0.5) is 8.78 Å². The lowest BCUT2D eigenvalue weighted by Crippen LogP contribution is -2.21. The number of ether oxygens (including phenoxy) is 1. The summed E-state index contributed by atoms with van der Waals surface area (Å²) in [6, 6.07) is 7.43. The molecule has 0 amide bonds. The van der Waals surface area contributed by atoms with Crippen molar-refractivity contribution in [2.45, 2.75) is 6.54 Å². The quantitative estimate of drug-likeness (QED) is 0.814. The van der Waals surface area contributed by atoms with Crippen LogP contribution in [0.3, 0.4) is 0 Å². The van der Waals surface area contributed by atoms with E-state index in [0.717, 1.165) is 5.56 Å². The number of nitrogens with one attached hydrogen (secondary N) is 1. The minimum Gasteiger partial charge on any atom is -0.486 e. The Morgan fingerprint density at radius 3 is 2.58 bits per heavy atom. The van der Waals surface area contributed by atoms with Gasteiger partial charge in [0.2, 0.25) is 0 Å².